The molecule has 0 spiro atoms. The number of halogens is 3. The Morgan fingerprint density at radius 2 is 1.69 bits per heavy atom. The van der Waals surface area contributed by atoms with E-state index in [9.17, 15) is 4.57 Å². The summed E-state index contributed by atoms with van der Waals surface area (Å²) in [5, 5.41) is -0.0336. The molecule has 13 heavy (non-hydrogen) atoms. The zero-order chi connectivity index (χ0) is 10.2. The van der Waals surface area contributed by atoms with Crippen molar-refractivity contribution in [3.63, 3.8) is 0 Å². The minimum atomic E-state index is -4.22. The smallest absolute Gasteiger partial charge is 0.321 e. The monoisotopic (exact) mass is 392 g/mol. The summed E-state index contributed by atoms with van der Waals surface area (Å²) in [4.78, 5) is 17.9. The van der Waals surface area contributed by atoms with E-state index in [0.29, 0.717) is 13.4 Å². The second kappa shape index (κ2) is 4.13. The van der Waals surface area contributed by atoms with Gasteiger partial charge in [-0.05, 0) is 44.0 Å². The van der Waals surface area contributed by atoms with E-state index < -0.39 is 7.60 Å². The Balaban J connectivity index is 3.46. The zero-order valence-corrected chi connectivity index (χ0v) is 11.7. The maximum absolute atomic E-state index is 11.0. The van der Waals surface area contributed by atoms with Gasteiger partial charge in [0.15, 0.2) is 0 Å². The summed E-state index contributed by atoms with van der Waals surface area (Å²) < 4.78 is 12.6. The van der Waals surface area contributed by atoms with Gasteiger partial charge in [0.1, 0.15) is 0 Å². The molecule has 0 radical (unpaired) electrons. The molecule has 0 bridgehead atoms. The van der Waals surface area contributed by atoms with Crippen LogP contribution in [0.5, 0.6) is 0 Å². The van der Waals surface area contributed by atoms with Crippen LogP contribution in [-0.2, 0) is 4.57 Å². The van der Waals surface area contributed by atoms with Gasteiger partial charge >= 0.3 is 7.60 Å². The summed E-state index contributed by atoms with van der Waals surface area (Å²) in [6, 6.07) is 3.08. The fraction of sp³-hybridized carbons (Fsp3) is 0. The standard InChI is InChI=1S/C6H4Br3O3P/c7-3-1-4(8)6(9)5(2-3)13(10,11)12/h1-2H,(H2,10,11,12). The highest BCUT2D eigenvalue weighted by molar-refractivity contribution is 9.13. The van der Waals surface area contributed by atoms with E-state index in [-0.39, 0.29) is 5.30 Å². The van der Waals surface area contributed by atoms with E-state index >= 15 is 0 Å². The van der Waals surface area contributed by atoms with Gasteiger partial charge in [0.05, 0.1) is 5.30 Å². The lowest BCUT2D eigenvalue weighted by atomic mass is 10.4. The normalized spacial score (nSPS) is 11.8. The van der Waals surface area contributed by atoms with Crippen molar-refractivity contribution in [2.24, 2.45) is 0 Å². The second-order valence-corrected chi connectivity index (χ2v) is 6.40. The summed E-state index contributed by atoms with van der Waals surface area (Å²) in [7, 11) is -4.22. The largest absolute Gasteiger partial charge is 0.357 e. The van der Waals surface area contributed by atoms with Gasteiger partial charge in [-0.15, -0.1) is 0 Å². The molecule has 0 unspecified atom stereocenters. The maximum atomic E-state index is 11.0. The Morgan fingerprint density at radius 1 is 1.15 bits per heavy atom. The zero-order valence-electron chi connectivity index (χ0n) is 6.04. The Labute approximate surface area is 100 Å². The van der Waals surface area contributed by atoms with Crippen LogP contribution in [0.4, 0.5) is 0 Å². The predicted molar refractivity (Wildman–Crippen MR) is 61.2 cm³/mol. The molecule has 0 fully saturated rings. The minimum absolute atomic E-state index is 0.0336. The molecular weight excluding hydrogens is 391 g/mol. The van der Waals surface area contributed by atoms with Crippen molar-refractivity contribution in [2.45, 2.75) is 0 Å². The van der Waals surface area contributed by atoms with Crippen molar-refractivity contribution >= 4 is 60.7 Å². The molecule has 0 saturated carbocycles. The summed E-state index contributed by atoms with van der Waals surface area (Å²) in [5.41, 5.74) is 0. The third-order valence-electron chi connectivity index (χ3n) is 1.29. The Morgan fingerprint density at radius 3 is 2.15 bits per heavy atom. The first-order chi connectivity index (χ1) is 5.82. The van der Waals surface area contributed by atoms with Gasteiger partial charge in [0.2, 0.25) is 0 Å². The molecule has 0 heterocycles. The van der Waals surface area contributed by atoms with Crippen molar-refractivity contribution in [3.8, 4) is 0 Å². The Bertz CT molecular complexity index is 387. The first-order valence-electron chi connectivity index (χ1n) is 3.03. The van der Waals surface area contributed by atoms with Crippen LogP contribution in [0.1, 0.15) is 0 Å². The van der Waals surface area contributed by atoms with Gasteiger partial charge in [0, 0.05) is 13.4 Å². The molecule has 2 N–H and O–H groups in total. The van der Waals surface area contributed by atoms with Gasteiger partial charge in [-0.1, -0.05) is 15.9 Å². The third-order valence-corrected chi connectivity index (χ3v) is 5.04. The minimum Gasteiger partial charge on any atom is -0.321 e. The van der Waals surface area contributed by atoms with Crippen molar-refractivity contribution in [3.05, 3.63) is 25.6 Å². The van der Waals surface area contributed by atoms with E-state index in [1.165, 1.54) is 6.07 Å². The van der Waals surface area contributed by atoms with Gasteiger partial charge in [0.25, 0.3) is 0 Å². The Kier molecular flexibility index (Phi) is 3.77. The van der Waals surface area contributed by atoms with Crippen LogP contribution >= 0.6 is 55.4 Å². The number of hydrogen-bond acceptors (Lipinski definition) is 1. The highest BCUT2D eigenvalue weighted by Crippen LogP contribution is 2.40. The summed E-state index contributed by atoms with van der Waals surface area (Å²) >= 11 is 9.40. The maximum Gasteiger partial charge on any atom is 0.357 e. The predicted octanol–water partition coefficient (Wildman–Crippen LogP) is 2.78. The fourth-order valence-corrected chi connectivity index (χ4v) is 3.92. The van der Waals surface area contributed by atoms with E-state index in [0.717, 1.165) is 0 Å². The summed E-state index contributed by atoms with van der Waals surface area (Å²) in [6.07, 6.45) is 0. The van der Waals surface area contributed by atoms with Crippen LogP contribution in [-0.4, -0.2) is 9.79 Å². The average molecular weight is 395 g/mol. The molecule has 1 rings (SSSR count). The lowest BCUT2D eigenvalue weighted by Crippen LogP contribution is -2.06. The fourth-order valence-electron chi connectivity index (χ4n) is 0.754. The van der Waals surface area contributed by atoms with E-state index in [2.05, 4.69) is 47.8 Å². The molecule has 0 atom stereocenters. The lowest BCUT2D eigenvalue weighted by molar-refractivity contribution is 0.387. The molecule has 0 aromatic heterocycles. The average Bonchev–Trinajstić information content (AvgIpc) is 1.94. The highest BCUT2D eigenvalue weighted by Gasteiger charge is 2.22. The van der Waals surface area contributed by atoms with Crippen molar-refractivity contribution in [1.82, 2.24) is 0 Å². The first kappa shape index (κ1) is 11.9. The molecule has 7 heteroatoms. The molecule has 72 valence electrons. The van der Waals surface area contributed by atoms with Crippen LogP contribution in [0.3, 0.4) is 0 Å². The molecule has 1 aromatic rings. The molecule has 1 aromatic carbocycles. The molecule has 0 aliphatic rings. The van der Waals surface area contributed by atoms with Crippen LogP contribution in [0.25, 0.3) is 0 Å². The highest BCUT2D eigenvalue weighted by atomic mass is 79.9. The quantitative estimate of drug-likeness (QED) is 0.569. The van der Waals surface area contributed by atoms with Crippen LogP contribution < -0.4 is 5.30 Å². The third kappa shape index (κ3) is 2.88. The molecule has 0 amide bonds. The molecule has 0 aliphatic heterocycles. The van der Waals surface area contributed by atoms with E-state index in [1.54, 1.807) is 6.07 Å². The lowest BCUT2D eigenvalue weighted by Gasteiger charge is -2.08. The second-order valence-electron chi connectivity index (χ2n) is 2.26. The van der Waals surface area contributed by atoms with Crippen molar-refractivity contribution in [2.75, 3.05) is 0 Å². The molecule has 0 aliphatic carbocycles. The summed E-state index contributed by atoms with van der Waals surface area (Å²) in [6.45, 7) is 0. The summed E-state index contributed by atoms with van der Waals surface area (Å²) in [5.74, 6) is 0. The number of hydrogen-bond donors (Lipinski definition) is 2. The molecular formula is C6H4Br3O3P. The van der Waals surface area contributed by atoms with Gasteiger partial charge < -0.3 is 9.79 Å². The Hall–Kier alpha value is 0.810. The van der Waals surface area contributed by atoms with Gasteiger partial charge in [-0.3, -0.25) is 4.57 Å². The van der Waals surface area contributed by atoms with Crippen LogP contribution in [0, 0.1) is 0 Å². The van der Waals surface area contributed by atoms with E-state index in [4.69, 9.17) is 9.79 Å². The van der Waals surface area contributed by atoms with Crippen LogP contribution in [0.2, 0.25) is 0 Å². The number of benzene rings is 1. The molecule has 0 saturated heterocycles. The van der Waals surface area contributed by atoms with E-state index in [1.807, 2.05) is 0 Å². The van der Waals surface area contributed by atoms with Gasteiger partial charge in [-0.25, -0.2) is 0 Å². The van der Waals surface area contributed by atoms with Crippen LogP contribution in [0.15, 0.2) is 25.6 Å². The van der Waals surface area contributed by atoms with Crippen molar-refractivity contribution < 1.29 is 14.4 Å². The SMILES string of the molecule is O=P(O)(O)c1cc(Br)cc(Br)c1Br. The van der Waals surface area contributed by atoms with Crippen molar-refractivity contribution in [1.29, 1.82) is 0 Å². The number of rotatable bonds is 1. The molecule has 3 nitrogen and oxygen atoms in total. The first-order valence-corrected chi connectivity index (χ1v) is 7.02. The topological polar surface area (TPSA) is 57.5 Å². The van der Waals surface area contributed by atoms with Gasteiger partial charge in [-0.2, -0.15) is 0 Å².